The van der Waals surface area contributed by atoms with E-state index in [2.05, 4.69) is 15.3 Å². The number of aryl methyl sites for hydroxylation is 2. The van der Waals surface area contributed by atoms with Gasteiger partial charge in [0.2, 0.25) is 0 Å². The van der Waals surface area contributed by atoms with Crippen molar-refractivity contribution in [2.45, 2.75) is 39.5 Å². The lowest BCUT2D eigenvalue weighted by Crippen LogP contribution is -2.49. The van der Waals surface area contributed by atoms with Crippen molar-refractivity contribution in [3.05, 3.63) is 75.0 Å². The van der Waals surface area contributed by atoms with Crippen LogP contribution < -0.4 is 10.1 Å². The summed E-state index contributed by atoms with van der Waals surface area (Å²) in [4.78, 5) is 30.7. The zero-order chi connectivity index (χ0) is 29.1. The van der Waals surface area contributed by atoms with Crippen LogP contribution in [-0.2, 0) is 13.6 Å². The Labute approximate surface area is 244 Å². The molecule has 2 aromatic carbocycles. The minimum absolute atomic E-state index is 0.0918. The van der Waals surface area contributed by atoms with Crippen molar-refractivity contribution >= 4 is 40.7 Å². The highest BCUT2D eigenvalue weighted by Crippen LogP contribution is 2.35. The first-order chi connectivity index (χ1) is 19.0. The van der Waals surface area contributed by atoms with Crippen molar-refractivity contribution in [3.63, 3.8) is 0 Å². The summed E-state index contributed by atoms with van der Waals surface area (Å²) < 4.78 is 8.11. The fraction of sp³-hybridized carbons (Fsp3) is 0.414. The Hall–Kier alpha value is -3.11. The number of nitrogens with zero attached hydrogens (tertiary/aromatic N) is 4. The van der Waals surface area contributed by atoms with Gasteiger partial charge in [0.1, 0.15) is 11.8 Å². The number of aliphatic hydroxyl groups is 1. The van der Waals surface area contributed by atoms with Gasteiger partial charge in [0.15, 0.2) is 5.75 Å². The number of anilines is 1. The summed E-state index contributed by atoms with van der Waals surface area (Å²) in [6, 6.07) is 12.0. The van der Waals surface area contributed by atoms with Gasteiger partial charge in [0, 0.05) is 32.6 Å². The summed E-state index contributed by atoms with van der Waals surface area (Å²) in [6.45, 7) is 7.00. The van der Waals surface area contributed by atoms with Crippen LogP contribution in [0.3, 0.4) is 0 Å². The average Bonchev–Trinajstić information content (AvgIpc) is 3.25. The lowest BCUT2D eigenvalue weighted by Gasteiger charge is -2.38. The van der Waals surface area contributed by atoms with Gasteiger partial charge in [-0.2, -0.15) is 5.10 Å². The van der Waals surface area contributed by atoms with Crippen molar-refractivity contribution in [1.29, 1.82) is 0 Å². The maximum atomic E-state index is 13.7. The molecule has 9 nitrogen and oxygen atoms in total. The molecule has 3 atom stereocenters. The first-order valence-corrected chi connectivity index (χ1v) is 13.9. The number of ether oxygens (including phenoxy) is 1. The number of rotatable bonds is 8. The van der Waals surface area contributed by atoms with E-state index in [1.54, 1.807) is 42.3 Å². The Kier molecular flexibility index (Phi) is 9.41. The Balaban J connectivity index is 1.67. The standard InChI is InChI=1S/C29H35Cl2N5O4/c1-17-13-36(19(3)16-37)29(39)21-7-6-8-24(32-28(38)25-11-18(2)33-35(25)5)27(21)40-26(17)15-34(4)14-20-9-10-22(30)23(31)12-20/h6-12,17,19,26,37H,13-16H2,1-5H3,(H,32,38)/t17-,19+,26-/m1/s1. The van der Waals surface area contributed by atoms with Gasteiger partial charge in [0.25, 0.3) is 11.8 Å². The van der Waals surface area contributed by atoms with E-state index in [4.69, 9.17) is 27.9 Å². The van der Waals surface area contributed by atoms with Crippen LogP contribution in [0, 0.1) is 12.8 Å². The third-order valence-corrected chi connectivity index (χ3v) is 7.84. The molecular formula is C29H35Cl2N5O4. The Bertz CT molecular complexity index is 1390. The molecule has 1 aromatic heterocycles. The molecule has 11 heteroatoms. The molecule has 0 bridgehead atoms. The van der Waals surface area contributed by atoms with Gasteiger partial charge in [0.05, 0.1) is 39.6 Å². The predicted molar refractivity (Wildman–Crippen MR) is 156 cm³/mol. The quantitative estimate of drug-likeness (QED) is 0.398. The number of carbonyl (C=O) groups excluding carboxylic acids is 2. The molecule has 40 heavy (non-hydrogen) atoms. The number of likely N-dealkylation sites (N-methyl/N-ethyl adjacent to an activating group) is 1. The maximum absolute atomic E-state index is 13.7. The van der Waals surface area contributed by atoms with E-state index in [1.807, 2.05) is 40.0 Å². The molecule has 0 spiro atoms. The van der Waals surface area contributed by atoms with Crippen LogP contribution in [-0.4, -0.2) is 75.4 Å². The third-order valence-electron chi connectivity index (χ3n) is 7.10. The van der Waals surface area contributed by atoms with Crippen molar-refractivity contribution in [2.75, 3.05) is 32.1 Å². The number of nitrogens with one attached hydrogen (secondary N) is 1. The highest BCUT2D eigenvalue weighted by Gasteiger charge is 2.34. The number of halogens is 2. The van der Waals surface area contributed by atoms with Gasteiger partial charge in [-0.25, -0.2) is 0 Å². The number of benzene rings is 2. The lowest BCUT2D eigenvalue weighted by molar-refractivity contribution is 0.0343. The smallest absolute Gasteiger partial charge is 0.274 e. The van der Waals surface area contributed by atoms with E-state index in [-0.39, 0.29) is 30.4 Å². The monoisotopic (exact) mass is 587 g/mol. The molecule has 2 amide bonds. The SMILES string of the molecule is Cc1cc(C(=O)Nc2cccc3c2O[C@H](CN(C)Cc2ccc(Cl)c(Cl)c2)[C@H](C)CN([C@@H](C)CO)C3=O)n(C)n1. The molecule has 2 heterocycles. The van der Waals surface area contributed by atoms with Crippen LogP contribution in [0.15, 0.2) is 42.5 Å². The molecule has 3 aromatic rings. The van der Waals surface area contributed by atoms with Gasteiger partial charge >= 0.3 is 0 Å². The fourth-order valence-electron chi connectivity index (χ4n) is 4.89. The van der Waals surface area contributed by atoms with Crippen LogP contribution in [0.1, 0.15) is 46.0 Å². The van der Waals surface area contributed by atoms with Gasteiger partial charge < -0.3 is 20.1 Å². The van der Waals surface area contributed by atoms with Crippen molar-refractivity contribution < 1.29 is 19.4 Å². The van der Waals surface area contributed by atoms with Crippen LogP contribution in [0.25, 0.3) is 0 Å². The van der Waals surface area contributed by atoms with Crippen LogP contribution in [0.5, 0.6) is 5.75 Å². The second kappa shape index (κ2) is 12.6. The second-order valence-electron chi connectivity index (χ2n) is 10.5. The van der Waals surface area contributed by atoms with Crippen molar-refractivity contribution in [2.24, 2.45) is 13.0 Å². The summed E-state index contributed by atoms with van der Waals surface area (Å²) >= 11 is 12.3. The van der Waals surface area contributed by atoms with Gasteiger partial charge in [-0.15, -0.1) is 0 Å². The molecule has 1 aliphatic heterocycles. The maximum Gasteiger partial charge on any atom is 0.274 e. The van der Waals surface area contributed by atoms with E-state index >= 15 is 0 Å². The molecule has 0 saturated heterocycles. The first kappa shape index (κ1) is 29.9. The minimum atomic E-state index is -0.397. The van der Waals surface area contributed by atoms with Crippen LogP contribution in [0.2, 0.25) is 10.0 Å². The molecule has 2 N–H and O–H groups in total. The second-order valence-corrected chi connectivity index (χ2v) is 11.3. The van der Waals surface area contributed by atoms with Crippen LogP contribution >= 0.6 is 23.2 Å². The predicted octanol–water partition coefficient (Wildman–Crippen LogP) is 4.64. The summed E-state index contributed by atoms with van der Waals surface area (Å²) in [5.74, 6) is -0.421. The molecule has 1 aliphatic rings. The molecule has 214 valence electrons. The van der Waals surface area contributed by atoms with E-state index in [9.17, 15) is 14.7 Å². The number of fused-ring (bicyclic) bond motifs is 1. The Morgan fingerprint density at radius 1 is 1.25 bits per heavy atom. The largest absolute Gasteiger partial charge is 0.486 e. The number of aliphatic hydroxyl groups excluding tert-OH is 1. The molecular weight excluding hydrogens is 553 g/mol. The minimum Gasteiger partial charge on any atom is -0.486 e. The number of aromatic nitrogens is 2. The lowest BCUT2D eigenvalue weighted by atomic mass is 9.98. The van der Waals surface area contributed by atoms with E-state index in [0.717, 1.165) is 11.3 Å². The summed E-state index contributed by atoms with van der Waals surface area (Å²) in [7, 11) is 3.68. The number of carbonyl (C=O) groups is 2. The molecule has 0 radical (unpaired) electrons. The van der Waals surface area contributed by atoms with Gasteiger partial charge in [-0.05, 0) is 56.8 Å². The van der Waals surface area contributed by atoms with E-state index < -0.39 is 6.04 Å². The normalized spacial score (nSPS) is 18.1. The topological polar surface area (TPSA) is 99.9 Å². The molecule has 0 fully saturated rings. The van der Waals surface area contributed by atoms with Crippen LogP contribution in [0.4, 0.5) is 5.69 Å². The van der Waals surface area contributed by atoms with Gasteiger partial charge in [-0.3, -0.25) is 19.2 Å². The zero-order valence-electron chi connectivity index (χ0n) is 23.3. The molecule has 0 saturated carbocycles. The molecule has 4 rings (SSSR count). The average molecular weight is 589 g/mol. The van der Waals surface area contributed by atoms with Crippen molar-refractivity contribution in [3.8, 4) is 5.75 Å². The third kappa shape index (κ3) is 6.61. The summed E-state index contributed by atoms with van der Waals surface area (Å²) in [5.41, 5.74) is 2.81. The Morgan fingerprint density at radius 3 is 2.65 bits per heavy atom. The Morgan fingerprint density at radius 2 is 2.00 bits per heavy atom. The van der Waals surface area contributed by atoms with E-state index in [0.29, 0.717) is 52.4 Å². The van der Waals surface area contributed by atoms with Crippen molar-refractivity contribution in [1.82, 2.24) is 19.6 Å². The molecule has 0 unspecified atom stereocenters. The number of hydrogen-bond acceptors (Lipinski definition) is 6. The number of hydrogen-bond donors (Lipinski definition) is 2. The summed E-state index contributed by atoms with van der Waals surface area (Å²) in [5, 5.41) is 18.1. The summed E-state index contributed by atoms with van der Waals surface area (Å²) in [6.07, 6.45) is -0.343. The zero-order valence-corrected chi connectivity index (χ0v) is 24.8. The molecule has 0 aliphatic carbocycles. The highest BCUT2D eigenvalue weighted by atomic mass is 35.5. The first-order valence-electron chi connectivity index (χ1n) is 13.1. The fourth-order valence-corrected chi connectivity index (χ4v) is 5.21. The van der Waals surface area contributed by atoms with Gasteiger partial charge in [-0.1, -0.05) is 42.3 Å². The number of amides is 2. The highest BCUT2D eigenvalue weighted by molar-refractivity contribution is 6.42. The van der Waals surface area contributed by atoms with E-state index in [1.165, 1.54) is 4.68 Å². The number of para-hydroxylation sites is 1.